The highest BCUT2D eigenvalue weighted by Gasteiger charge is 2.24. The highest BCUT2D eigenvalue weighted by Crippen LogP contribution is 2.06. The first-order valence-corrected chi connectivity index (χ1v) is 5.33. The fraction of sp³-hybridized carbons (Fsp3) is 0.636. The van der Waals surface area contributed by atoms with E-state index in [0.717, 1.165) is 11.3 Å². The highest BCUT2D eigenvalue weighted by atomic mass is 16.2. The summed E-state index contributed by atoms with van der Waals surface area (Å²) in [4.78, 5) is 11.8. The summed E-state index contributed by atoms with van der Waals surface area (Å²) in [7, 11) is 3.66. The zero-order valence-corrected chi connectivity index (χ0v) is 10.6. The van der Waals surface area contributed by atoms with Gasteiger partial charge in [-0.1, -0.05) is 0 Å². The second-order valence-corrected chi connectivity index (χ2v) is 4.44. The van der Waals surface area contributed by atoms with E-state index in [0.29, 0.717) is 6.54 Å². The van der Waals surface area contributed by atoms with Gasteiger partial charge in [-0.25, -0.2) is 0 Å². The van der Waals surface area contributed by atoms with Crippen molar-refractivity contribution in [2.75, 3.05) is 7.05 Å². The Morgan fingerprint density at radius 2 is 2.19 bits per heavy atom. The largest absolute Gasteiger partial charge is 0.350 e. The summed E-state index contributed by atoms with van der Waals surface area (Å²) in [5.41, 5.74) is 1.57. The zero-order valence-electron chi connectivity index (χ0n) is 10.6. The fourth-order valence-electron chi connectivity index (χ4n) is 1.23. The Kier molecular flexibility index (Phi) is 3.70. The molecule has 0 spiro atoms. The van der Waals surface area contributed by atoms with Crippen LogP contribution in [0.3, 0.4) is 0 Å². The Hall–Kier alpha value is -1.36. The van der Waals surface area contributed by atoms with Crippen molar-refractivity contribution < 1.29 is 4.79 Å². The first-order chi connectivity index (χ1) is 7.38. The molecule has 5 heteroatoms. The smallest absolute Gasteiger partial charge is 0.239 e. The first-order valence-electron chi connectivity index (χ1n) is 5.33. The van der Waals surface area contributed by atoms with E-state index in [-0.39, 0.29) is 5.91 Å². The molecule has 90 valence electrons. The van der Waals surface area contributed by atoms with Crippen molar-refractivity contribution in [2.45, 2.75) is 32.9 Å². The summed E-state index contributed by atoms with van der Waals surface area (Å²) in [5, 5.41) is 9.98. The number of carbonyl (C=O) groups is 1. The van der Waals surface area contributed by atoms with Gasteiger partial charge in [-0.2, -0.15) is 5.10 Å². The van der Waals surface area contributed by atoms with Crippen molar-refractivity contribution in [1.29, 1.82) is 0 Å². The predicted octanol–water partition coefficient (Wildman–Crippen LogP) is 0.343. The lowest BCUT2D eigenvalue weighted by atomic mass is 10.1. The van der Waals surface area contributed by atoms with E-state index in [1.165, 1.54) is 0 Å². The van der Waals surface area contributed by atoms with E-state index in [4.69, 9.17) is 0 Å². The Bertz CT molecular complexity index is 381. The molecule has 0 saturated carbocycles. The van der Waals surface area contributed by atoms with E-state index in [1.807, 2.05) is 27.8 Å². The molecule has 16 heavy (non-hydrogen) atoms. The van der Waals surface area contributed by atoms with Gasteiger partial charge in [0.2, 0.25) is 5.91 Å². The van der Waals surface area contributed by atoms with Crippen molar-refractivity contribution >= 4 is 5.91 Å². The van der Waals surface area contributed by atoms with E-state index >= 15 is 0 Å². The number of hydrogen-bond acceptors (Lipinski definition) is 3. The van der Waals surface area contributed by atoms with Crippen LogP contribution in [0.15, 0.2) is 6.20 Å². The van der Waals surface area contributed by atoms with Gasteiger partial charge in [0, 0.05) is 24.8 Å². The lowest BCUT2D eigenvalue weighted by Gasteiger charge is -2.22. The van der Waals surface area contributed by atoms with Crippen molar-refractivity contribution in [2.24, 2.45) is 7.05 Å². The molecule has 5 nitrogen and oxygen atoms in total. The minimum absolute atomic E-state index is 0.0155. The van der Waals surface area contributed by atoms with Gasteiger partial charge in [0.25, 0.3) is 0 Å². The molecule has 0 bridgehead atoms. The molecule has 1 heterocycles. The molecule has 1 amide bonds. The third-order valence-corrected chi connectivity index (χ3v) is 2.97. The number of carbonyl (C=O) groups excluding carboxylic acids is 1. The van der Waals surface area contributed by atoms with Gasteiger partial charge in [-0.15, -0.1) is 0 Å². The Morgan fingerprint density at radius 1 is 1.56 bits per heavy atom. The van der Waals surface area contributed by atoms with Crippen LogP contribution in [0.1, 0.15) is 25.1 Å². The molecule has 1 aromatic heterocycles. The standard InChI is InChI=1S/C11H20N4O/c1-8-9(7-14-15(8)5)6-13-10(16)11(2,3)12-4/h7,12H,6H2,1-5H3,(H,13,16). The third-order valence-electron chi connectivity index (χ3n) is 2.97. The molecule has 0 aliphatic heterocycles. The Labute approximate surface area is 96.2 Å². The Morgan fingerprint density at radius 3 is 2.62 bits per heavy atom. The summed E-state index contributed by atoms with van der Waals surface area (Å²) in [6.07, 6.45) is 1.78. The van der Waals surface area contributed by atoms with E-state index in [2.05, 4.69) is 15.7 Å². The summed E-state index contributed by atoms with van der Waals surface area (Å²) < 4.78 is 1.80. The number of amides is 1. The van der Waals surface area contributed by atoms with E-state index in [1.54, 1.807) is 17.9 Å². The van der Waals surface area contributed by atoms with Crippen LogP contribution >= 0.6 is 0 Å². The van der Waals surface area contributed by atoms with Gasteiger partial charge >= 0.3 is 0 Å². The molecule has 2 N–H and O–H groups in total. The molecule has 0 aliphatic carbocycles. The maximum atomic E-state index is 11.8. The summed E-state index contributed by atoms with van der Waals surface area (Å²) in [6.45, 7) is 6.19. The maximum absolute atomic E-state index is 11.8. The number of aromatic nitrogens is 2. The molecule has 0 radical (unpaired) electrons. The van der Waals surface area contributed by atoms with Gasteiger partial charge < -0.3 is 10.6 Å². The maximum Gasteiger partial charge on any atom is 0.239 e. The lowest BCUT2D eigenvalue weighted by molar-refractivity contribution is -0.126. The predicted molar refractivity (Wildman–Crippen MR) is 62.9 cm³/mol. The van der Waals surface area contributed by atoms with E-state index < -0.39 is 5.54 Å². The van der Waals surface area contributed by atoms with Gasteiger partial charge in [0.1, 0.15) is 0 Å². The summed E-state index contributed by atoms with van der Waals surface area (Å²) >= 11 is 0. The lowest BCUT2D eigenvalue weighted by Crippen LogP contribution is -2.50. The molecule has 0 atom stereocenters. The second-order valence-electron chi connectivity index (χ2n) is 4.44. The third kappa shape index (κ3) is 2.61. The van der Waals surface area contributed by atoms with Crippen molar-refractivity contribution in [3.63, 3.8) is 0 Å². The van der Waals surface area contributed by atoms with Crippen LogP contribution in [-0.2, 0) is 18.4 Å². The normalized spacial score (nSPS) is 11.6. The van der Waals surface area contributed by atoms with Crippen molar-refractivity contribution in [3.8, 4) is 0 Å². The highest BCUT2D eigenvalue weighted by molar-refractivity contribution is 5.85. The molecular weight excluding hydrogens is 204 g/mol. The minimum atomic E-state index is -0.546. The first kappa shape index (κ1) is 12.7. The SMILES string of the molecule is CNC(C)(C)C(=O)NCc1cnn(C)c1C. The molecule has 0 aliphatic rings. The molecule has 1 aromatic rings. The minimum Gasteiger partial charge on any atom is -0.350 e. The van der Waals surface area contributed by atoms with Crippen LogP contribution in [0.25, 0.3) is 0 Å². The zero-order chi connectivity index (χ0) is 12.3. The number of hydrogen-bond donors (Lipinski definition) is 2. The summed E-state index contributed by atoms with van der Waals surface area (Å²) in [6, 6.07) is 0. The van der Waals surface area contributed by atoms with Crippen LogP contribution in [0.5, 0.6) is 0 Å². The molecule has 0 unspecified atom stereocenters. The molecule has 0 aromatic carbocycles. The van der Waals surface area contributed by atoms with Gasteiger partial charge in [0.15, 0.2) is 0 Å². The van der Waals surface area contributed by atoms with Gasteiger partial charge in [-0.05, 0) is 27.8 Å². The summed E-state index contributed by atoms with van der Waals surface area (Å²) in [5.74, 6) is -0.0155. The van der Waals surface area contributed by atoms with Gasteiger partial charge in [0.05, 0.1) is 11.7 Å². The van der Waals surface area contributed by atoms with Gasteiger partial charge in [-0.3, -0.25) is 9.48 Å². The van der Waals surface area contributed by atoms with Crippen LogP contribution < -0.4 is 10.6 Å². The quantitative estimate of drug-likeness (QED) is 0.775. The number of nitrogens with one attached hydrogen (secondary N) is 2. The number of rotatable bonds is 4. The number of nitrogens with zero attached hydrogens (tertiary/aromatic N) is 2. The molecule has 0 fully saturated rings. The number of likely N-dealkylation sites (N-methyl/N-ethyl adjacent to an activating group) is 1. The fourth-order valence-corrected chi connectivity index (χ4v) is 1.23. The average molecular weight is 224 g/mol. The molecular formula is C11H20N4O. The van der Waals surface area contributed by atoms with Crippen LogP contribution in [-0.4, -0.2) is 28.3 Å². The Balaban J connectivity index is 2.59. The second kappa shape index (κ2) is 4.65. The molecule has 1 rings (SSSR count). The van der Waals surface area contributed by atoms with Crippen molar-refractivity contribution in [1.82, 2.24) is 20.4 Å². The molecule has 0 saturated heterocycles. The van der Waals surface area contributed by atoms with Crippen LogP contribution in [0.4, 0.5) is 0 Å². The average Bonchev–Trinajstić information content (AvgIpc) is 2.56. The number of aryl methyl sites for hydroxylation is 1. The van der Waals surface area contributed by atoms with Crippen molar-refractivity contribution in [3.05, 3.63) is 17.5 Å². The monoisotopic (exact) mass is 224 g/mol. The van der Waals surface area contributed by atoms with E-state index in [9.17, 15) is 4.79 Å². The van der Waals surface area contributed by atoms with Crippen LogP contribution in [0.2, 0.25) is 0 Å². The van der Waals surface area contributed by atoms with Crippen LogP contribution in [0, 0.1) is 6.92 Å². The topological polar surface area (TPSA) is 59.0 Å².